The molecule has 5 heteroatoms. The number of hydrogen-bond acceptors (Lipinski definition) is 3. The van der Waals surface area contributed by atoms with Crippen molar-refractivity contribution in [1.29, 1.82) is 0 Å². The number of nitrogens with zero attached hydrogens (tertiary/aromatic N) is 2. The van der Waals surface area contributed by atoms with Crippen LogP contribution in [0.3, 0.4) is 0 Å². The van der Waals surface area contributed by atoms with Gasteiger partial charge in [-0.05, 0) is 0 Å². The van der Waals surface area contributed by atoms with Gasteiger partial charge in [-0.1, -0.05) is 15.9 Å². The molecule has 0 aromatic rings. The summed E-state index contributed by atoms with van der Waals surface area (Å²) in [4.78, 5) is 0.00694. The molecule has 0 bridgehead atoms. The lowest BCUT2D eigenvalue weighted by molar-refractivity contribution is 0.284. The molecule has 2 radical (unpaired) electrons. The number of rotatable bonds is 0. The molecular formula is C3H5BBrN3. The van der Waals surface area contributed by atoms with Gasteiger partial charge in [0.05, 0.1) is 0 Å². The quantitative estimate of drug-likeness (QED) is 0.308. The van der Waals surface area contributed by atoms with Gasteiger partial charge in [-0.3, -0.25) is 0 Å². The second-order valence-electron chi connectivity index (χ2n) is 1.54. The summed E-state index contributed by atoms with van der Waals surface area (Å²) in [6.07, 6.45) is 0. The van der Waals surface area contributed by atoms with Gasteiger partial charge in [-0.25, -0.2) is 5.12 Å². The van der Waals surface area contributed by atoms with Crippen molar-refractivity contribution in [2.75, 3.05) is 7.05 Å². The van der Waals surface area contributed by atoms with Crippen molar-refractivity contribution in [2.45, 2.75) is 4.95 Å². The zero-order valence-corrected chi connectivity index (χ0v) is 6.01. The Balaban J connectivity index is 2.59. The standard InChI is InChI=1S/C3H5BBrN3/c1-8-6-2(4)3(5)7-8/h3,7H,1H3. The summed E-state index contributed by atoms with van der Waals surface area (Å²) < 4.78 is 0. The van der Waals surface area contributed by atoms with Gasteiger partial charge in [0.1, 0.15) is 12.8 Å². The molecule has 0 aromatic heterocycles. The summed E-state index contributed by atoms with van der Waals surface area (Å²) in [5.74, 6) is 0. The Morgan fingerprint density at radius 1 is 2.00 bits per heavy atom. The first-order valence-corrected chi connectivity index (χ1v) is 3.09. The van der Waals surface area contributed by atoms with E-state index < -0.39 is 0 Å². The Morgan fingerprint density at radius 3 is 2.75 bits per heavy atom. The van der Waals surface area contributed by atoms with E-state index in [1.807, 2.05) is 0 Å². The maximum atomic E-state index is 5.37. The first-order chi connectivity index (χ1) is 3.70. The number of hydrazone groups is 1. The average Bonchev–Trinajstić information content (AvgIpc) is 1.85. The molecule has 0 saturated heterocycles. The van der Waals surface area contributed by atoms with E-state index >= 15 is 0 Å². The Hall–Kier alpha value is -0.0251. The maximum absolute atomic E-state index is 5.37. The molecule has 1 rings (SSSR count). The van der Waals surface area contributed by atoms with E-state index in [4.69, 9.17) is 7.85 Å². The van der Waals surface area contributed by atoms with E-state index in [9.17, 15) is 0 Å². The highest BCUT2D eigenvalue weighted by molar-refractivity contribution is 9.10. The molecule has 0 spiro atoms. The van der Waals surface area contributed by atoms with Crippen LogP contribution < -0.4 is 5.43 Å². The fraction of sp³-hybridized carbons (Fsp3) is 0.667. The Labute approximate surface area is 57.6 Å². The van der Waals surface area contributed by atoms with Crippen LogP contribution in [0.2, 0.25) is 0 Å². The lowest BCUT2D eigenvalue weighted by Gasteiger charge is -2.06. The maximum Gasteiger partial charge on any atom is 0.141 e. The molecule has 1 N–H and O–H groups in total. The van der Waals surface area contributed by atoms with Crippen LogP contribution in [-0.2, 0) is 0 Å². The third-order valence-electron chi connectivity index (χ3n) is 0.825. The summed E-state index contributed by atoms with van der Waals surface area (Å²) in [7, 11) is 7.15. The topological polar surface area (TPSA) is 27.6 Å². The van der Waals surface area contributed by atoms with Crippen molar-refractivity contribution in [1.82, 2.24) is 10.5 Å². The zero-order chi connectivity index (χ0) is 6.15. The van der Waals surface area contributed by atoms with E-state index in [-0.39, 0.29) is 4.95 Å². The summed E-state index contributed by atoms with van der Waals surface area (Å²) in [6, 6.07) is 0. The minimum atomic E-state index is 0.00694. The van der Waals surface area contributed by atoms with E-state index in [2.05, 4.69) is 26.5 Å². The van der Waals surface area contributed by atoms with E-state index in [1.165, 1.54) is 0 Å². The SMILES string of the molecule is [B]C1=NN(C)NC1Br. The van der Waals surface area contributed by atoms with Gasteiger partial charge in [0.2, 0.25) is 0 Å². The van der Waals surface area contributed by atoms with Crippen LogP contribution in [0.5, 0.6) is 0 Å². The van der Waals surface area contributed by atoms with Crippen molar-refractivity contribution in [2.24, 2.45) is 5.10 Å². The fourth-order valence-electron chi connectivity index (χ4n) is 0.483. The molecule has 0 fully saturated rings. The van der Waals surface area contributed by atoms with Crippen molar-refractivity contribution < 1.29 is 0 Å². The van der Waals surface area contributed by atoms with Gasteiger partial charge in [-0.2, -0.15) is 10.5 Å². The fourth-order valence-corrected chi connectivity index (χ4v) is 0.871. The summed E-state index contributed by atoms with van der Waals surface area (Å²) in [6.45, 7) is 0. The largest absolute Gasteiger partial charge is 0.232 e. The predicted octanol–water partition coefficient (Wildman–Crippen LogP) is -0.361. The van der Waals surface area contributed by atoms with Crippen LogP contribution in [0.1, 0.15) is 0 Å². The van der Waals surface area contributed by atoms with Gasteiger partial charge in [0.15, 0.2) is 0 Å². The molecule has 1 atom stereocenters. The lowest BCUT2D eigenvalue weighted by Crippen LogP contribution is -2.31. The monoisotopic (exact) mass is 173 g/mol. The van der Waals surface area contributed by atoms with Gasteiger partial charge in [0, 0.05) is 12.7 Å². The highest BCUT2D eigenvalue weighted by Crippen LogP contribution is 2.03. The van der Waals surface area contributed by atoms with Crippen LogP contribution >= 0.6 is 15.9 Å². The zero-order valence-electron chi connectivity index (χ0n) is 4.43. The Bertz CT molecular complexity index is 126. The van der Waals surface area contributed by atoms with Crippen molar-refractivity contribution in [3.8, 4) is 0 Å². The summed E-state index contributed by atoms with van der Waals surface area (Å²) >= 11 is 3.24. The van der Waals surface area contributed by atoms with Crippen LogP contribution in [-0.4, -0.2) is 30.6 Å². The lowest BCUT2D eigenvalue weighted by atomic mass is 10.0. The van der Waals surface area contributed by atoms with Gasteiger partial charge in [0.25, 0.3) is 0 Å². The predicted molar refractivity (Wildman–Crippen MR) is 36.8 cm³/mol. The highest BCUT2D eigenvalue weighted by atomic mass is 79.9. The molecular weight excluding hydrogens is 169 g/mol. The number of alkyl halides is 1. The molecule has 1 heterocycles. The second-order valence-corrected chi connectivity index (χ2v) is 2.46. The third-order valence-corrected chi connectivity index (χ3v) is 1.50. The second kappa shape index (κ2) is 2.07. The van der Waals surface area contributed by atoms with Gasteiger partial charge < -0.3 is 0 Å². The average molecular weight is 174 g/mol. The van der Waals surface area contributed by atoms with Crippen LogP contribution in [0.4, 0.5) is 0 Å². The molecule has 0 aromatic carbocycles. The number of hydrogen-bond donors (Lipinski definition) is 1. The molecule has 1 aliphatic heterocycles. The first-order valence-electron chi connectivity index (χ1n) is 2.18. The number of halogens is 1. The van der Waals surface area contributed by atoms with E-state index in [0.29, 0.717) is 5.61 Å². The van der Waals surface area contributed by atoms with E-state index in [0.717, 1.165) is 0 Å². The molecule has 42 valence electrons. The van der Waals surface area contributed by atoms with Crippen LogP contribution in [0.15, 0.2) is 5.10 Å². The smallest absolute Gasteiger partial charge is 0.141 e. The van der Waals surface area contributed by atoms with Crippen LogP contribution in [0, 0.1) is 0 Å². The third kappa shape index (κ3) is 1.03. The van der Waals surface area contributed by atoms with E-state index in [1.54, 1.807) is 12.2 Å². The minimum Gasteiger partial charge on any atom is -0.232 e. The molecule has 0 saturated carbocycles. The van der Waals surface area contributed by atoms with Gasteiger partial charge in [-0.15, -0.1) is 0 Å². The number of hydrazine groups is 1. The van der Waals surface area contributed by atoms with Crippen molar-refractivity contribution >= 4 is 29.4 Å². The summed E-state index contributed by atoms with van der Waals surface area (Å²) in [5, 5.41) is 5.40. The molecule has 0 amide bonds. The highest BCUT2D eigenvalue weighted by Gasteiger charge is 2.14. The first kappa shape index (κ1) is 6.10. The molecule has 3 nitrogen and oxygen atoms in total. The number of nitrogens with one attached hydrogen (secondary N) is 1. The van der Waals surface area contributed by atoms with Crippen LogP contribution in [0.25, 0.3) is 0 Å². The Kier molecular flexibility index (Phi) is 1.58. The van der Waals surface area contributed by atoms with Gasteiger partial charge >= 0.3 is 0 Å². The normalized spacial score (nSPS) is 28.5. The minimum absolute atomic E-state index is 0.00694. The van der Waals surface area contributed by atoms with Crippen molar-refractivity contribution in [3.63, 3.8) is 0 Å². The molecule has 8 heavy (non-hydrogen) atoms. The van der Waals surface area contributed by atoms with Crippen molar-refractivity contribution in [3.05, 3.63) is 0 Å². The Morgan fingerprint density at radius 2 is 2.62 bits per heavy atom. The molecule has 1 unspecified atom stereocenters. The summed E-state index contributed by atoms with van der Waals surface area (Å²) in [5.41, 5.74) is 3.45. The molecule has 0 aliphatic carbocycles. The molecule has 1 aliphatic rings.